The van der Waals surface area contributed by atoms with Crippen LogP contribution in [-0.2, 0) is 17.6 Å². The highest BCUT2D eigenvalue weighted by molar-refractivity contribution is 5.67. The smallest absolute Gasteiger partial charge is 0.306 e. The summed E-state index contributed by atoms with van der Waals surface area (Å²) in [4.78, 5) is 10.6. The molecule has 1 aromatic carbocycles. The van der Waals surface area contributed by atoms with E-state index in [0.29, 0.717) is 0 Å². The number of aliphatic carboxylic acids is 1. The number of aliphatic hydroxyl groups is 1. The number of rotatable bonds is 3. The predicted molar refractivity (Wildman–Crippen MR) is 60.3 cm³/mol. The number of aryl methyl sites for hydroxylation is 1. The lowest BCUT2D eigenvalue weighted by Gasteiger charge is -2.21. The van der Waals surface area contributed by atoms with Crippen molar-refractivity contribution in [3.63, 3.8) is 0 Å². The van der Waals surface area contributed by atoms with Crippen LogP contribution in [0.4, 0.5) is 0 Å². The maximum absolute atomic E-state index is 10.6. The number of benzene rings is 1. The summed E-state index contributed by atoms with van der Waals surface area (Å²) in [6.45, 7) is 0. The Bertz CT molecular complexity index is 398. The molecule has 1 aromatic rings. The Morgan fingerprint density at radius 1 is 1.31 bits per heavy atom. The van der Waals surface area contributed by atoms with Crippen molar-refractivity contribution in [1.82, 2.24) is 0 Å². The minimum Gasteiger partial charge on any atom is -0.481 e. The largest absolute Gasteiger partial charge is 0.481 e. The highest BCUT2D eigenvalue weighted by Crippen LogP contribution is 2.29. The molecule has 2 rings (SSSR count). The molecular formula is C13H16O3. The quantitative estimate of drug-likeness (QED) is 0.819. The molecule has 0 saturated carbocycles. The molecule has 0 spiro atoms. The van der Waals surface area contributed by atoms with Crippen molar-refractivity contribution in [3.8, 4) is 0 Å². The minimum absolute atomic E-state index is 0.212. The van der Waals surface area contributed by atoms with Crippen LogP contribution in [0, 0.1) is 0 Å². The number of carboxylic acid groups (broad SMARTS) is 1. The lowest BCUT2D eigenvalue weighted by Crippen LogP contribution is -2.12. The number of hydrogen-bond donors (Lipinski definition) is 2. The van der Waals surface area contributed by atoms with Gasteiger partial charge in [0, 0.05) is 0 Å². The van der Waals surface area contributed by atoms with Crippen molar-refractivity contribution in [1.29, 1.82) is 0 Å². The van der Waals surface area contributed by atoms with Crippen LogP contribution in [0.3, 0.4) is 0 Å². The number of carboxylic acids is 1. The molecule has 3 nitrogen and oxygen atoms in total. The van der Waals surface area contributed by atoms with Gasteiger partial charge in [0.25, 0.3) is 0 Å². The number of aliphatic hydroxyl groups excluding tert-OH is 1. The fourth-order valence-corrected chi connectivity index (χ4v) is 2.40. The van der Waals surface area contributed by atoms with E-state index in [4.69, 9.17) is 5.11 Å². The van der Waals surface area contributed by atoms with Crippen LogP contribution in [0.15, 0.2) is 18.2 Å². The van der Waals surface area contributed by atoms with E-state index in [1.807, 2.05) is 12.1 Å². The van der Waals surface area contributed by atoms with Gasteiger partial charge in [0.15, 0.2) is 0 Å². The summed E-state index contributed by atoms with van der Waals surface area (Å²) >= 11 is 0. The van der Waals surface area contributed by atoms with Crippen molar-refractivity contribution in [2.24, 2.45) is 0 Å². The highest BCUT2D eigenvalue weighted by Gasteiger charge is 2.19. The zero-order valence-corrected chi connectivity index (χ0v) is 9.15. The first-order valence-corrected chi connectivity index (χ1v) is 5.69. The molecule has 0 amide bonds. The van der Waals surface area contributed by atoms with E-state index in [-0.39, 0.29) is 6.42 Å². The Labute approximate surface area is 94.7 Å². The van der Waals surface area contributed by atoms with Gasteiger partial charge in [-0.2, -0.15) is 0 Å². The number of carbonyl (C=O) groups is 1. The van der Waals surface area contributed by atoms with Crippen molar-refractivity contribution in [3.05, 3.63) is 34.9 Å². The lowest BCUT2D eigenvalue weighted by atomic mass is 9.86. The van der Waals surface area contributed by atoms with Gasteiger partial charge < -0.3 is 10.2 Å². The predicted octanol–water partition coefficient (Wildman–Crippen LogP) is 2.07. The first-order chi connectivity index (χ1) is 7.68. The first kappa shape index (κ1) is 11.1. The fraction of sp³-hybridized carbons (Fsp3) is 0.462. The molecule has 3 heteroatoms. The van der Waals surface area contributed by atoms with Crippen molar-refractivity contribution >= 4 is 5.97 Å². The molecule has 0 bridgehead atoms. The van der Waals surface area contributed by atoms with E-state index in [2.05, 4.69) is 6.07 Å². The summed E-state index contributed by atoms with van der Waals surface area (Å²) in [5, 5.41) is 18.6. The maximum atomic E-state index is 10.6. The maximum Gasteiger partial charge on any atom is 0.306 e. The SMILES string of the molecule is O=C(O)CC(O)c1cccc2c1CCCC2. The Morgan fingerprint density at radius 3 is 2.81 bits per heavy atom. The molecule has 16 heavy (non-hydrogen) atoms. The van der Waals surface area contributed by atoms with E-state index >= 15 is 0 Å². The second-order valence-electron chi connectivity index (χ2n) is 4.31. The molecule has 0 aromatic heterocycles. The average molecular weight is 220 g/mol. The van der Waals surface area contributed by atoms with Gasteiger partial charge in [-0.3, -0.25) is 4.79 Å². The monoisotopic (exact) mass is 220 g/mol. The van der Waals surface area contributed by atoms with Gasteiger partial charge in [-0.25, -0.2) is 0 Å². The average Bonchev–Trinajstić information content (AvgIpc) is 2.27. The highest BCUT2D eigenvalue weighted by atomic mass is 16.4. The van der Waals surface area contributed by atoms with Gasteiger partial charge in [-0.1, -0.05) is 18.2 Å². The van der Waals surface area contributed by atoms with Gasteiger partial charge in [0.1, 0.15) is 0 Å². The van der Waals surface area contributed by atoms with Crippen LogP contribution < -0.4 is 0 Å². The fourth-order valence-electron chi connectivity index (χ4n) is 2.40. The Kier molecular flexibility index (Phi) is 3.25. The lowest BCUT2D eigenvalue weighted by molar-refractivity contribution is -0.139. The summed E-state index contributed by atoms with van der Waals surface area (Å²) in [5.41, 5.74) is 3.25. The van der Waals surface area contributed by atoms with E-state index in [1.54, 1.807) is 0 Å². The molecule has 0 heterocycles. The minimum atomic E-state index is -0.957. The third-order valence-electron chi connectivity index (χ3n) is 3.16. The molecule has 1 aliphatic carbocycles. The molecule has 1 aliphatic rings. The third kappa shape index (κ3) is 2.25. The topological polar surface area (TPSA) is 57.5 Å². The van der Waals surface area contributed by atoms with Gasteiger partial charge in [0.05, 0.1) is 12.5 Å². The molecule has 1 unspecified atom stereocenters. The first-order valence-electron chi connectivity index (χ1n) is 5.69. The molecule has 2 N–H and O–H groups in total. The van der Waals surface area contributed by atoms with Gasteiger partial charge in [-0.15, -0.1) is 0 Å². The second-order valence-corrected chi connectivity index (χ2v) is 4.31. The normalized spacial score (nSPS) is 16.6. The van der Waals surface area contributed by atoms with E-state index < -0.39 is 12.1 Å². The molecular weight excluding hydrogens is 204 g/mol. The second kappa shape index (κ2) is 4.66. The van der Waals surface area contributed by atoms with Crippen molar-refractivity contribution in [2.75, 3.05) is 0 Å². The molecule has 0 fully saturated rings. The Hall–Kier alpha value is -1.35. The third-order valence-corrected chi connectivity index (χ3v) is 3.16. The molecule has 1 atom stereocenters. The molecule has 86 valence electrons. The Balaban J connectivity index is 2.29. The summed E-state index contributed by atoms with van der Waals surface area (Å²) in [6.07, 6.45) is 3.24. The van der Waals surface area contributed by atoms with Crippen molar-refractivity contribution < 1.29 is 15.0 Å². The van der Waals surface area contributed by atoms with Crippen molar-refractivity contribution in [2.45, 2.75) is 38.2 Å². The van der Waals surface area contributed by atoms with Crippen LogP contribution in [0.5, 0.6) is 0 Å². The van der Waals surface area contributed by atoms with Crippen LogP contribution >= 0.6 is 0 Å². The molecule has 0 aliphatic heterocycles. The molecule has 0 radical (unpaired) electrons. The van der Waals surface area contributed by atoms with E-state index in [0.717, 1.165) is 24.8 Å². The number of fused-ring (bicyclic) bond motifs is 1. The van der Waals surface area contributed by atoms with Crippen LogP contribution in [0.25, 0.3) is 0 Å². The van der Waals surface area contributed by atoms with E-state index in [1.165, 1.54) is 17.5 Å². The van der Waals surface area contributed by atoms with Gasteiger partial charge in [0.2, 0.25) is 0 Å². The van der Waals surface area contributed by atoms with Gasteiger partial charge in [-0.05, 0) is 42.4 Å². The van der Waals surface area contributed by atoms with E-state index in [9.17, 15) is 9.90 Å². The summed E-state index contributed by atoms with van der Waals surface area (Å²) < 4.78 is 0. The Morgan fingerprint density at radius 2 is 2.06 bits per heavy atom. The standard InChI is InChI=1S/C13H16O3/c14-12(8-13(15)16)11-7-3-5-9-4-1-2-6-10(9)11/h3,5,7,12,14H,1-2,4,6,8H2,(H,15,16). The van der Waals surface area contributed by atoms with Gasteiger partial charge >= 0.3 is 5.97 Å². The van der Waals surface area contributed by atoms with Crippen LogP contribution in [0.2, 0.25) is 0 Å². The van der Waals surface area contributed by atoms with Crippen LogP contribution in [-0.4, -0.2) is 16.2 Å². The summed E-state index contributed by atoms with van der Waals surface area (Å²) in [6, 6.07) is 5.83. The zero-order chi connectivity index (χ0) is 11.5. The summed E-state index contributed by atoms with van der Waals surface area (Å²) in [7, 11) is 0. The molecule has 0 saturated heterocycles. The van der Waals surface area contributed by atoms with Crippen LogP contribution in [0.1, 0.15) is 42.1 Å². The number of hydrogen-bond acceptors (Lipinski definition) is 2. The summed E-state index contributed by atoms with van der Waals surface area (Å²) in [5.74, 6) is -0.957. The zero-order valence-electron chi connectivity index (χ0n) is 9.15.